The van der Waals surface area contributed by atoms with Gasteiger partial charge in [-0.1, -0.05) is 60.1 Å². The van der Waals surface area contributed by atoms with Gasteiger partial charge in [-0.2, -0.15) is 0 Å². The standard InChI is InChI=1S/C23H22ClN3O2S/c24-19-11-5-4-10-17(19)14-18-15-25-23(30-18)26-22(29)21(16-8-2-1-3-9-16)27-13-7-6-12-20(27)28/h1-5,8-11,15,21H,6-7,12-14H2,(H,25,26,29). The fourth-order valence-electron chi connectivity index (χ4n) is 3.66. The number of aromatic nitrogens is 1. The molecular formula is C23H22ClN3O2S. The van der Waals surface area contributed by atoms with Gasteiger partial charge in [0.1, 0.15) is 6.04 Å². The highest BCUT2D eigenvalue weighted by Crippen LogP contribution is 2.29. The summed E-state index contributed by atoms with van der Waals surface area (Å²) < 4.78 is 0. The van der Waals surface area contributed by atoms with E-state index in [9.17, 15) is 9.59 Å². The predicted molar refractivity (Wildman–Crippen MR) is 120 cm³/mol. The number of hydrogen-bond donors (Lipinski definition) is 1. The third-order valence-electron chi connectivity index (χ3n) is 5.14. The molecule has 0 aliphatic carbocycles. The minimum absolute atomic E-state index is 0.0174. The molecular weight excluding hydrogens is 418 g/mol. The summed E-state index contributed by atoms with van der Waals surface area (Å²) in [7, 11) is 0. The zero-order chi connectivity index (χ0) is 20.9. The Labute approximate surface area is 184 Å². The SMILES string of the molecule is O=C(Nc1ncc(Cc2ccccc2Cl)s1)C(c1ccccc1)N1CCCCC1=O. The smallest absolute Gasteiger partial charge is 0.253 e. The van der Waals surface area contributed by atoms with Crippen LogP contribution in [0.1, 0.15) is 41.3 Å². The zero-order valence-corrected chi connectivity index (χ0v) is 18.0. The topological polar surface area (TPSA) is 62.3 Å². The molecule has 1 atom stereocenters. The molecule has 154 valence electrons. The Kier molecular flexibility index (Phi) is 6.45. The van der Waals surface area contributed by atoms with Crippen LogP contribution in [0.5, 0.6) is 0 Å². The molecule has 1 aromatic heterocycles. The van der Waals surface area contributed by atoms with E-state index in [0.29, 0.717) is 29.5 Å². The molecule has 3 aromatic rings. The van der Waals surface area contributed by atoms with Gasteiger partial charge in [-0.25, -0.2) is 4.98 Å². The molecule has 30 heavy (non-hydrogen) atoms. The first-order valence-electron chi connectivity index (χ1n) is 9.95. The molecule has 1 aliphatic heterocycles. The highest BCUT2D eigenvalue weighted by Gasteiger charge is 2.33. The van der Waals surface area contributed by atoms with Gasteiger partial charge < -0.3 is 4.90 Å². The van der Waals surface area contributed by atoms with Crippen LogP contribution in [-0.4, -0.2) is 28.2 Å². The van der Waals surface area contributed by atoms with E-state index in [1.165, 1.54) is 11.3 Å². The number of hydrogen-bond acceptors (Lipinski definition) is 4. The van der Waals surface area contributed by atoms with Gasteiger partial charge in [-0.3, -0.25) is 14.9 Å². The fourth-order valence-corrected chi connectivity index (χ4v) is 4.70. The summed E-state index contributed by atoms with van der Waals surface area (Å²) in [5.74, 6) is -0.223. The van der Waals surface area contributed by atoms with Gasteiger partial charge in [0.05, 0.1) is 0 Å². The minimum Gasteiger partial charge on any atom is -0.327 e. The summed E-state index contributed by atoms with van der Waals surface area (Å²) in [5.41, 5.74) is 1.82. The molecule has 1 unspecified atom stereocenters. The summed E-state index contributed by atoms with van der Waals surface area (Å²) in [5, 5.41) is 4.15. The molecule has 2 heterocycles. The molecule has 4 rings (SSSR count). The zero-order valence-electron chi connectivity index (χ0n) is 16.4. The number of piperidine rings is 1. The van der Waals surface area contributed by atoms with Crippen LogP contribution in [0.3, 0.4) is 0 Å². The number of nitrogens with one attached hydrogen (secondary N) is 1. The Morgan fingerprint density at radius 3 is 2.67 bits per heavy atom. The van der Waals surface area contributed by atoms with Crippen LogP contribution < -0.4 is 5.32 Å². The van der Waals surface area contributed by atoms with E-state index in [1.807, 2.05) is 54.6 Å². The highest BCUT2D eigenvalue weighted by atomic mass is 35.5. The molecule has 1 N–H and O–H groups in total. The van der Waals surface area contributed by atoms with Gasteiger partial charge in [0.15, 0.2) is 5.13 Å². The van der Waals surface area contributed by atoms with Crippen LogP contribution >= 0.6 is 22.9 Å². The van der Waals surface area contributed by atoms with Crippen molar-refractivity contribution < 1.29 is 9.59 Å². The van der Waals surface area contributed by atoms with Crippen molar-refractivity contribution in [3.8, 4) is 0 Å². The molecule has 0 saturated carbocycles. The maximum atomic E-state index is 13.2. The number of anilines is 1. The maximum absolute atomic E-state index is 13.2. The molecule has 1 fully saturated rings. The Morgan fingerprint density at radius 2 is 1.90 bits per heavy atom. The van der Waals surface area contributed by atoms with E-state index in [-0.39, 0.29) is 11.8 Å². The third-order valence-corrected chi connectivity index (χ3v) is 6.42. The lowest BCUT2D eigenvalue weighted by molar-refractivity contribution is -0.141. The number of amides is 2. The van der Waals surface area contributed by atoms with Gasteiger partial charge in [-0.15, -0.1) is 11.3 Å². The van der Waals surface area contributed by atoms with Crippen molar-refractivity contribution in [1.29, 1.82) is 0 Å². The van der Waals surface area contributed by atoms with Gasteiger partial charge in [0.2, 0.25) is 5.91 Å². The van der Waals surface area contributed by atoms with E-state index in [2.05, 4.69) is 10.3 Å². The van der Waals surface area contributed by atoms with Crippen LogP contribution in [0.25, 0.3) is 0 Å². The van der Waals surface area contributed by atoms with Crippen molar-refractivity contribution in [3.63, 3.8) is 0 Å². The summed E-state index contributed by atoms with van der Waals surface area (Å²) in [6.07, 6.45) is 4.67. The molecule has 0 spiro atoms. The number of thiazole rings is 1. The van der Waals surface area contributed by atoms with Crippen molar-refractivity contribution in [1.82, 2.24) is 9.88 Å². The van der Waals surface area contributed by atoms with Crippen molar-refractivity contribution in [2.45, 2.75) is 31.7 Å². The van der Waals surface area contributed by atoms with Gasteiger partial charge >= 0.3 is 0 Å². The van der Waals surface area contributed by atoms with Crippen LogP contribution in [0.4, 0.5) is 5.13 Å². The van der Waals surface area contributed by atoms with E-state index in [4.69, 9.17) is 11.6 Å². The molecule has 2 aromatic carbocycles. The van der Waals surface area contributed by atoms with Crippen molar-refractivity contribution in [2.24, 2.45) is 0 Å². The first-order chi connectivity index (χ1) is 14.6. The second-order valence-electron chi connectivity index (χ2n) is 7.25. The van der Waals surface area contributed by atoms with Gasteiger partial charge in [0.25, 0.3) is 5.91 Å². The molecule has 5 nitrogen and oxygen atoms in total. The normalized spacial score (nSPS) is 15.1. The number of carbonyl (C=O) groups is 2. The Hall–Kier alpha value is -2.70. The van der Waals surface area contributed by atoms with Crippen LogP contribution in [-0.2, 0) is 16.0 Å². The number of carbonyl (C=O) groups excluding carboxylic acids is 2. The maximum Gasteiger partial charge on any atom is 0.253 e. The van der Waals surface area contributed by atoms with Gasteiger partial charge in [0, 0.05) is 35.5 Å². The predicted octanol–water partition coefficient (Wildman–Crippen LogP) is 5.08. The number of nitrogens with zero attached hydrogens (tertiary/aromatic N) is 2. The van der Waals surface area contributed by atoms with E-state index < -0.39 is 6.04 Å². The first kappa shape index (κ1) is 20.6. The highest BCUT2D eigenvalue weighted by molar-refractivity contribution is 7.15. The Bertz CT molecular complexity index is 1040. The molecule has 2 amide bonds. The van der Waals surface area contributed by atoms with Crippen LogP contribution in [0.15, 0.2) is 60.8 Å². The summed E-state index contributed by atoms with van der Waals surface area (Å²) in [6.45, 7) is 0.585. The lowest BCUT2D eigenvalue weighted by Crippen LogP contribution is -2.43. The van der Waals surface area contributed by atoms with Gasteiger partial charge in [-0.05, 0) is 30.0 Å². The molecule has 7 heteroatoms. The van der Waals surface area contributed by atoms with Crippen LogP contribution in [0.2, 0.25) is 5.02 Å². The largest absolute Gasteiger partial charge is 0.327 e. The average Bonchev–Trinajstić information content (AvgIpc) is 3.19. The minimum atomic E-state index is -0.657. The van der Waals surface area contributed by atoms with E-state index >= 15 is 0 Å². The molecule has 0 bridgehead atoms. The Morgan fingerprint density at radius 1 is 1.13 bits per heavy atom. The number of likely N-dealkylation sites (tertiary alicyclic amines) is 1. The van der Waals surface area contributed by atoms with E-state index in [0.717, 1.165) is 28.8 Å². The molecule has 0 radical (unpaired) electrons. The monoisotopic (exact) mass is 439 g/mol. The Balaban J connectivity index is 1.52. The lowest BCUT2D eigenvalue weighted by atomic mass is 10.0. The second kappa shape index (κ2) is 9.41. The lowest BCUT2D eigenvalue weighted by Gasteiger charge is -2.33. The number of benzene rings is 2. The summed E-state index contributed by atoms with van der Waals surface area (Å²) >= 11 is 7.67. The van der Waals surface area contributed by atoms with Crippen molar-refractivity contribution in [2.75, 3.05) is 11.9 Å². The first-order valence-corrected chi connectivity index (χ1v) is 11.1. The quantitative estimate of drug-likeness (QED) is 0.582. The van der Waals surface area contributed by atoms with Crippen LogP contribution in [0, 0.1) is 0 Å². The number of halogens is 1. The van der Waals surface area contributed by atoms with Crippen molar-refractivity contribution >= 4 is 39.9 Å². The van der Waals surface area contributed by atoms with E-state index in [1.54, 1.807) is 11.1 Å². The second-order valence-corrected chi connectivity index (χ2v) is 8.77. The average molecular weight is 440 g/mol. The third kappa shape index (κ3) is 4.71. The fraction of sp³-hybridized carbons (Fsp3) is 0.261. The summed E-state index contributed by atoms with van der Waals surface area (Å²) in [4.78, 5) is 32.8. The van der Waals surface area contributed by atoms with Crippen molar-refractivity contribution in [3.05, 3.63) is 81.8 Å². The molecule has 1 saturated heterocycles. The molecule has 1 aliphatic rings. The summed E-state index contributed by atoms with van der Waals surface area (Å²) in [6, 6.07) is 16.5. The number of rotatable bonds is 6.